The number of esters is 1. The molecule has 0 N–H and O–H groups in total. The molecule has 3 unspecified atom stereocenters. The van der Waals surface area contributed by atoms with Crippen LogP contribution in [0.25, 0.3) is 0 Å². The second-order valence-corrected chi connectivity index (χ2v) is 6.10. The second-order valence-electron chi connectivity index (χ2n) is 5.18. The Kier molecular flexibility index (Phi) is 3.93. The first-order valence-corrected chi connectivity index (χ1v) is 7.89. The predicted octanol–water partition coefficient (Wildman–Crippen LogP) is 3.58. The van der Waals surface area contributed by atoms with Gasteiger partial charge >= 0.3 is 5.97 Å². The lowest BCUT2D eigenvalue weighted by atomic mass is 9.98. The fourth-order valence-electron chi connectivity index (χ4n) is 2.75. The van der Waals surface area contributed by atoms with E-state index in [2.05, 4.69) is 34.1 Å². The van der Waals surface area contributed by atoms with E-state index in [0.717, 1.165) is 22.2 Å². The van der Waals surface area contributed by atoms with Gasteiger partial charge in [0, 0.05) is 22.4 Å². The molecule has 3 atom stereocenters. The summed E-state index contributed by atoms with van der Waals surface area (Å²) in [5.74, 6) is 1.23. The Bertz CT molecular complexity index is 596. The molecule has 0 bridgehead atoms. The fourth-order valence-corrected chi connectivity index (χ4v) is 3.21. The third-order valence-electron chi connectivity index (χ3n) is 3.71. The van der Waals surface area contributed by atoms with Crippen LogP contribution in [0.3, 0.4) is 0 Å². The number of halogens is 1. The van der Waals surface area contributed by atoms with Crippen LogP contribution in [0, 0.1) is 0 Å². The highest BCUT2D eigenvalue weighted by atomic mass is 79.9. The Balaban J connectivity index is 1.87. The Morgan fingerprint density at radius 3 is 3.10 bits per heavy atom. The molecule has 0 radical (unpaired) electrons. The summed E-state index contributed by atoms with van der Waals surface area (Å²) in [4.78, 5) is 11.7. The smallest absolute Gasteiger partial charge is 0.347 e. The van der Waals surface area contributed by atoms with E-state index in [1.165, 1.54) is 0 Å². The molecular formula is C16H17BrO4. The van der Waals surface area contributed by atoms with Crippen LogP contribution in [0.2, 0.25) is 0 Å². The molecule has 0 amide bonds. The molecule has 0 saturated heterocycles. The van der Waals surface area contributed by atoms with E-state index >= 15 is 0 Å². The molecule has 5 heteroatoms. The number of hydrogen-bond donors (Lipinski definition) is 0. The summed E-state index contributed by atoms with van der Waals surface area (Å²) in [7, 11) is 0. The Hall–Kier alpha value is -1.49. The van der Waals surface area contributed by atoms with Crippen LogP contribution in [0.1, 0.15) is 31.7 Å². The van der Waals surface area contributed by atoms with Crippen LogP contribution < -0.4 is 9.47 Å². The summed E-state index contributed by atoms with van der Waals surface area (Å²) in [6, 6.07) is 3.89. The van der Waals surface area contributed by atoms with Crippen molar-refractivity contribution in [3.05, 3.63) is 34.3 Å². The van der Waals surface area contributed by atoms with Crippen LogP contribution in [-0.2, 0) is 9.53 Å². The number of benzene rings is 1. The SMILES string of the molecule is CCOC(=O)C(C)Oc1cc(Br)cc2c1OC1CC=CC21. The van der Waals surface area contributed by atoms with Crippen LogP contribution in [0.15, 0.2) is 28.8 Å². The highest BCUT2D eigenvalue weighted by Gasteiger charge is 2.37. The maximum absolute atomic E-state index is 11.7. The minimum absolute atomic E-state index is 0.148. The second kappa shape index (κ2) is 5.72. The van der Waals surface area contributed by atoms with E-state index in [-0.39, 0.29) is 18.0 Å². The molecule has 21 heavy (non-hydrogen) atoms. The molecule has 2 aliphatic rings. The Labute approximate surface area is 132 Å². The quantitative estimate of drug-likeness (QED) is 0.613. The molecule has 1 aromatic rings. The molecule has 3 rings (SSSR count). The zero-order valence-electron chi connectivity index (χ0n) is 12.0. The average Bonchev–Trinajstić information content (AvgIpc) is 3.00. The van der Waals surface area contributed by atoms with Crippen LogP contribution in [0.4, 0.5) is 0 Å². The molecule has 4 nitrogen and oxygen atoms in total. The van der Waals surface area contributed by atoms with Gasteiger partial charge in [-0.1, -0.05) is 28.1 Å². The lowest BCUT2D eigenvalue weighted by molar-refractivity contribution is -0.150. The molecule has 1 aliphatic heterocycles. The Morgan fingerprint density at radius 1 is 1.52 bits per heavy atom. The van der Waals surface area contributed by atoms with Gasteiger partial charge in [-0.3, -0.25) is 0 Å². The Morgan fingerprint density at radius 2 is 2.33 bits per heavy atom. The highest BCUT2D eigenvalue weighted by molar-refractivity contribution is 9.10. The molecule has 1 aromatic carbocycles. The number of rotatable bonds is 4. The van der Waals surface area contributed by atoms with Gasteiger partial charge in [-0.2, -0.15) is 0 Å². The predicted molar refractivity (Wildman–Crippen MR) is 81.8 cm³/mol. The summed E-state index contributed by atoms with van der Waals surface area (Å²) >= 11 is 3.49. The van der Waals surface area contributed by atoms with Gasteiger partial charge in [-0.05, 0) is 26.0 Å². The third-order valence-corrected chi connectivity index (χ3v) is 4.17. The number of fused-ring (bicyclic) bond motifs is 3. The van der Waals surface area contributed by atoms with Gasteiger partial charge < -0.3 is 14.2 Å². The largest absolute Gasteiger partial charge is 0.485 e. The maximum atomic E-state index is 11.7. The molecule has 0 saturated carbocycles. The summed E-state index contributed by atoms with van der Waals surface area (Å²) in [6.07, 6.45) is 4.70. The minimum atomic E-state index is -0.664. The fraction of sp³-hybridized carbons (Fsp3) is 0.438. The zero-order chi connectivity index (χ0) is 15.0. The number of carbonyl (C=O) groups is 1. The van der Waals surface area contributed by atoms with Gasteiger partial charge in [-0.25, -0.2) is 4.79 Å². The van der Waals surface area contributed by atoms with Crippen molar-refractivity contribution in [2.24, 2.45) is 0 Å². The van der Waals surface area contributed by atoms with Gasteiger partial charge in [0.15, 0.2) is 17.6 Å². The monoisotopic (exact) mass is 352 g/mol. The van der Waals surface area contributed by atoms with Crippen molar-refractivity contribution in [2.45, 2.75) is 38.4 Å². The molecule has 1 heterocycles. The van der Waals surface area contributed by atoms with Crippen LogP contribution in [0.5, 0.6) is 11.5 Å². The number of carbonyl (C=O) groups excluding carboxylic acids is 1. The lowest BCUT2D eigenvalue weighted by Crippen LogP contribution is -2.26. The number of ether oxygens (including phenoxy) is 3. The molecule has 0 fully saturated rings. The molecule has 1 aliphatic carbocycles. The number of hydrogen-bond acceptors (Lipinski definition) is 4. The van der Waals surface area contributed by atoms with Crippen molar-refractivity contribution in [1.82, 2.24) is 0 Å². The van der Waals surface area contributed by atoms with Crippen molar-refractivity contribution in [3.8, 4) is 11.5 Å². The molecule has 0 aromatic heterocycles. The summed E-state index contributed by atoms with van der Waals surface area (Å²) < 4.78 is 17.6. The van der Waals surface area contributed by atoms with E-state index < -0.39 is 6.10 Å². The standard InChI is InChI=1S/C16H17BrO4/c1-3-19-16(18)9(2)20-14-8-10(17)7-12-11-5-4-6-13(11)21-15(12)14/h4-5,7-9,11,13H,3,6H2,1-2H3. The van der Waals surface area contributed by atoms with Crippen LogP contribution >= 0.6 is 15.9 Å². The first-order chi connectivity index (χ1) is 10.1. The van der Waals surface area contributed by atoms with Gasteiger partial charge in [-0.15, -0.1) is 0 Å². The van der Waals surface area contributed by atoms with Crippen LogP contribution in [-0.4, -0.2) is 24.8 Å². The van der Waals surface area contributed by atoms with Gasteiger partial charge in [0.25, 0.3) is 0 Å². The van der Waals surface area contributed by atoms with Crippen molar-refractivity contribution in [2.75, 3.05) is 6.61 Å². The summed E-state index contributed by atoms with van der Waals surface area (Å²) in [5.41, 5.74) is 1.11. The van der Waals surface area contributed by atoms with Gasteiger partial charge in [0.1, 0.15) is 6.10 Å². The molecule has 0 spiro atoms. The highest BCUT2D eigenvalue weighted by Crippen LogP contribution is 2.49. The van der Waals surface area contributed by atoms with Crippen molar-refractivity contribution >= 4 is 21.9 Å². The van der Waals surface area contributed by atoms with Crippen molar-refractivity contribution in [3.63, 3.8) is 0 Å². The molecular weight excluding hydrogens is 336 g/mol. The maximum Gasteiger partial charge on any atom is 0.347 e. The zero-order valence-corrected chi connectivity index (χ0v) is 13.6. The minimum Gasteiger partial charge on any atom is -0.485 e. The van der Waals surface area contributed by atoms with Crippen molar-refractivity contribution < 1.29 is 19.0 Å². The third kappa shape index (κ3) is 2.67. The van der Waals surface area contributed by atoms with Crippen molar-refractivity contribution in [1.29, 1.82) is 0 Å². The van der Waals surface area contributed by atoms with E-state index in [0.29, 0.717) is 12.4 Å². The molecule has 112 valence electrons. The lowest BCUT2D eigenvalue weighted by Gasteiger charge is -2.16. The van der Waals surface area contributed by atoms with E-state index in [4.69, 9.17) is 14.2 Å². The summed E-state index contributed by atoms with van der Waals surface area (Å²) in [5, 5.41) is 0. The average molecular weight is 353 g/mol. The topological polar surface area (TPSA) is 44.8 Å². The van der Waals surface area contributed by atoms with Gasteiger partial charge in [0.05, 0.1) is 6.61 Å². The normalized spacial score (nSPS) is 23.2. The first kappa shape index (κ1) is 14.4. The van der Waals surface area contributed by atoms with Gasteiger partial charge in [0.2, 0.25) is 0 Å². The summed E-state index contributed by atoms with van der Waals surface area (Å²) in [6.45, 7) is 3.80. The van der Waals surface area contributed by atoms with E-state index in [9.17, 15) is 4.79 Å². The van der Waals surface area contributed by atoms with E-state index in [1.807, 2.05) is 6.07 Å². The first-order valence-electron chi connectivity index (χ1n) is 7.10. The van der Waals surface area contributed by atoms with E-state index in [1.54, 1.807) is 13.8 Å².